The molecule has 4 aromatic rings. The normalized spacial score (nSPS) is 47.4. The zero-order valence-electron chi connectivity index (χ0n) is 94.2. The van der Waals surface area contributed by atoms with Crippen molar-refractivity contribution >= 4 is 50.6 Å². The Morgan fingerprint density at radius 3 is 0.940 bits per heavy atom. The molecule has 1 saturated heterocycles. The monoisotopic (exact) mass is 2110 g/mol. The third-order valence-corrected chi connectivity index (χ3v) is 52.6. The predicted octanol–water partition coefficient (Wildman–Crippen LogP) is 28.6. The number of benzene rings is 3. The number of alkyl halides is 1. The summed E-state index contributed by atoms with van der Waals surface area (Å²) in [6.07, 6.45) is 58.0. The molecule has 0 amide bonds. The van der Waals surface area contributed by atoms with Crippen LogP contribution in [-0.2, 0) is 74.1 Å². The summed E-state index contributed by atoms with van der Waals surface area (Å²) in [6.45, 7) is 35.0. The molecule has 21 fully saturated rings. The molecular weight excluding hydrogens is 1910 g/mol. The molecule has 16 heteroatoms. The molecule has 19 unspecified atom stereocenters. The molecule has 149 heavy (non-hydrogen) atoms. The second-order valence-electron chi connectivity index (χ2n) is 58.4. The van der Waals surface area contributed by atoms with Crippen LogP contribution in [-0.4, -0.2) is 114 Å². The number of Topliss-reactive ketones (excluding diaryl/α,β-unsaturated/α-hetero) is 6. The van der Waals surface area contributed by atoms with Crippen LogP contribution in [0, 0.1) is 202 Å². The fourth-order valence-corrected chi connectivity index (χ4v) is 44.1. The number of hydrogen-bond donors (Lipinski definition) is 3. The molecule has 3 aromatic carbocycles. The van der Waals surface area contributed by atoms with Crippen molar-refractivity contribution in [1.82, 2.24) is 9.55 Å². The average Bonchev–Trinajstić information content (AvgIpc) is 1.55. The van der Waals surface area contributed by atoms with Gasteiger partial charge < -0.3 is 38.8 Å². The summed E-state index contributed by atoms with van der Waals surface area (Å²) < 4.78 is 25.8. The van der Waals surface area contributed by atoms with Gasteiger partial charge in [-0.25, -0.2) is 4.98 Å². The molecule has 0 radical (unpaired) electrons. The van der Waals surface area contributed by atoms with Crippen LogP contribution in [0.25, 0.3) is 0 Å². The van der Waals surface area contributed by atoms with Gasteiger partial charge in [0.1, 0.15) is 28.9 Å². The fraction of sp³-hybridized carbons (Fsp3) is 0.797. The van der Waals surface area contributed by atoms with Crippen molar-refractivity contribution in [2.24, 2.45) is 202 Å². The number of aliphatic hydroxyl groups is 3. The van der Waals surface area contributed by atoms with Gasteiger partial charge in [0.25, 0.3) is 0 Å². The Labute approximate surface area is 905 Å². The minimum atomic E-state index is -0.701. The first-order chi connectivity index (χ1) is 71.1. The van der Waals surface area contributed by atoms with Crippen molar-refractivity contribution in [3.8, 4) is 0 Å². The number of rotatable bonds is 20. The van der Waals surface area contributed by atoms with Crippen molar-refractivity contribution in [2.75, 3.05) is 31.8 Å². The van der Waals surface area contributed by atoms with Crippen molar-refractivity contribution in [2.45, 2.75) is 428 Å². The van der Waals surface area contributed by atoms with Crippen molar-refractivity contribution in [1.29, 1.82) is 0 Å². The smallest absolute Gasteiger partial charge is 0.156 e. The Kier molecular flexibility index (Phi) is 31.2. The van der Waals surface area contributed by atoms with Crippen LogP contribution in [0.3, 0.4) is 0 Å². The van der Waals surface area contributed by atoms with Gasteiger partial charge in [-0.1, -0.05) is 176 Å². The summed E-state index contributed by atoms with van der Waals surface area (Å²) in [6, 6.07) is 30.8. The molecule has 15 nitrogen and oxygen atoms in total. The van der Waals surface area contributed by atoms with Crippen molar-refractivity contribution in [3.05, 3.63) is 126 Å². The minimum Gasteiger partial charge on any atom is -0.387 e. The lowest BCUT2D eigenvalue weighted by Gasteiger charge is -2.62. The van der Waals surface area contributed by atoms with Gasteiger partial charge in [0, 0.05) is 54.8 Å². The number of ether oxygens (including phenoxy) is 4. The summed E-state index contributed by atoms with van der Waals surface area (Å²) in [5.41, 5.74) is 4.81. The molecule has 1 spiro atoms. The zero-order valence-corrected chi connectivity index (χ0v) is 95.8. The Hall–Kier alpha value is -4.91. The Balaban J connectivity index is 0.000000110. The lowest BCUT2D eigenvalue weighted by Crippen LogP contribution is -2.57. The Bertz CT molecular complexity index is 5380. The maximum atomic E-state index is 13.4. The zero-order chi connectivity index (χ0) is 105. The highest BCUT2D eigenvalue weighted by atomic mass is 79.9. The molecule has 820 valence electrons. The van der Waals surface area contributed by atoms with E-state index < -0.39 is 16.8 Å². The van der Waals surface area contributed by atoms with Crippen LogP contribution >= 0.6 is 15.9 Å². The molecule has 20 aliphatic carbocycles. The van der Waals surface area contributed by atoms with Gasteiger partial charge in [-0.3, -0.25) is 28.8 Å². The van der Waals surface area contributed by atoms with Crippen LogP contribution in [0.1, 0.15) is 396 Å². The number of fused-ring (bicyclic) bond motifs is 25. The van der Waals surface area contributed by atoms with E-state index in [4.69, 9.17) is 18.9 Å². The van der Waals surface area contributed by atoms with Crippen LogP contribution in [0.5, 0.6) is 0 Å². The summed E-state index contributed by atoms with van der Waals surface area (Å²) in [4.78, 5) is 78.9. The highest BCUT2D eigenvalue weighted by molar-refractivity contribution is 9.09. The highest BCUT2D eigenvalue weighted by Crippen LogP contribution is 2.76. The Morgan fingerprint density at radius 1 is 0.342 bits per heavy atom. The quantitative estimate of drug-likeness (QED) is 0.0553. The van der Waals surface area contributed by atoms with E-state index in [1.807, 2.05) is 86.1 Å². The van der Waals surface area contributed by atoms with Gasteiger partial charge in [-0.15, -0.1) is 0 Å². The third kappa shape index (κ3) is 20.1. The first kappa shape index (κ1) is 110. The predicted molar refractivity (Wildman–Crippen MR) is 591 cm³/mol. The van der Waals surface area contributed by atoms with Gasteiger partial charge in [-0.2, -0.15) is 0 Å². The first-order valence-corrected chi connectivity index (χ1v) is 62.5. The second kappa shape index (κ2) is 42.4. The minimum absolute atomic E-state index is 0.142. The molecule has 20 saturated carbocycles. The molecule has 2 heterocycles. The van der Waals surface area contributed by atoms with E-state index in [9.17, 15) is 44.1 Å². The number of halogens is 1. The number of carbonyl (C=O) groups is 6. The van der Waals surface area contributed by atoms with Crippen LogP contribution < -0.4 is 0 Å². The number of hydrogen-bond acceptors (Lipinski definition) is 14. The maximum absolute atomic E-state index is 13.4. The number of epoxide rings is 1. The van der Waals surface area contributed by atoms with Crippen LogP contribution in [0.2, 0.25) is 0 Å². The largest absolute Gasteiger partial charge is 0.387 e. The summed E-state index contributed by atoms with van der Waals surface area (Å²) in [7, 11) is 0. The SMILES string of the molecule is CC(=O)[C@H]1CCC2C3CCC4CC(=O)CC[C@]4(C)C3CC[C@@]21C.CC(=O)[C@H]1CCC2C3CCC4CC5(CC[C@]4(C)C3CC[C@@]21C)CO5.CC(=O)[C@H]1CCC2C3CCC4C[C@@](O)(COCc5ccccc5)CC[C@]4(C)C3CC[C@@]21C.C[C@]12CCC3C(CC[C@H]4C[C@@](O)(COCc5ccccc5)CC[C@]34C)C1CC[C@@H]2C(=O)CBr.C[C@]12CCC3C(CC[C@H]4C[C@@](O)(COCc5ccccc5)CC[C@]34C)C1CC[C@@H]2C(=O)Cn1ccnc1. The average molecular weight is 2110 g/mol. The van der Waals surface area contributed by atoms with E-state index in [0.717, 1.165) is 204 Å². The van der Waals surface area contributed by atoms with Crippen LogP contribution in [0.4, 0.5) is 0 Å². The molecule has 25 rings (SSSR count). The molecule has 1 aliphatic heterocycles. The highest BCUT2D eigenvalue weighted by Gasteiger charge is 2.70. The first-order valence-electron chi connectivity index (χ1n) is 61.4. The van der Waals surface area contributed by atoms with E-state index in [2.05, 4.69) is 127 Å². The standard InChI is InChI=1S/C32H44N2O3.C29H41BrO3.C29H42O3.C22H34O2.C21H32O2/c1-30-14-15-32(36,21-37-20-23-6-4-3-5-7-23)18-24(30)8-9-25-26-10-11-28(31(26,2)13-12-27(25)30)29(35)19-34-17-16-33-22-34;1-27-14-15-29(32,19-33-18-20-6-4-3-5-7-20)16-21(27)8-9-22-23-10-11-25(26(31)17-30)28(23,2)13-12-24(22)27;1-20(30)24-11-12-25-23-10-9-22-17-29(31,19-32-18-21-7-5-4-6-8-21)16-15-27(22,2)26(23)13-14-28(24,25)3;1-14(23)17-6-7-18-16-5-4-15-12-22(13-24-22)11-10-20(15,2)19(16)8-9-21(17,18)3;1-13(22)17-6-7-18-16-5-4-14-12-15(23)8-10-20(14,2)19(16)9-11-21(17,18)3/h3-7,16-17,22,24-28,36H,8-15,18-21H2,1-2H3;3-7,21-25,32H,8-19H2,1-2H3;4-8,22-26,31H,9-19H2,1-3H3;15-19H,4-13H2,1-3H3;14,16-19H,4-12H2,1-3H3/t24-,25?,26?,27?,28+,30-,31-,32+;21-,22?,23?,24?,25+,27-,28-,29+;22?,23?,24-,25?,26?,27+,28-,29-;15?,16?,17-,18?,19?,20+,21-,22?;14?,16?,17-,18?,19?,20+,21-/m00111/s1. The molecule has 3 N–H and O–H groups in total. The van der Waals surface area contributed by atoms with Gasteiger partial charge in [-0.05, 0) is 486 Å². The summed E-state index contributed by atoms with van der Waals surface area (Å²) >= 11 is 3.45. The maximum Gasteiger partial charge on any atom is 0.156 e. The number of imidazole rings is 1. The van der Waals surface area contributed by atoms with Crippen molar-refractivity contribution in [3.63, 3.8) is 0 Å². The number of ketones is 6. The van der Waals surface area contributed by atoms with E-state index in [0.29, 0.717) is 172 Å². The number of carbonyl (C=O) groups excluding carboxylic acids is 6. The van der Waals surface area contributed by atoms with E-state index in [1.54, 1.807) is 12.5 Å². The van der Waals surface area contributed by atoms with Crippen LogP contribution in [0.15, 0.2) is 110 Å². The lowest BCUT2D eigenvalue weighted by atomic mass is 9.44. The van der Waals surface area contributed by atoms with Gasteiger partial charge in [0.15, 0.2) is 5.78 Å². The third-order valence-electron chi connectivity index (χ3n) is 52.0. The van der Waals surface area contributed by atoms with Gasteiger partial charge in [0.05, 0.1) is 86.9 Å². The second-order valence-corrected chi connectivity index (χ2v) is 59.0. The summed E-state index contributed by atoms with van der Waals surface area (Å²) in [5, 5.41) is 34.9. The lowest BCUT2D eigenvalue weighted by molar-refractivity contribution is -0.167. The Morgan fingerprint density at radius 2 is 0.631 bits per heavy atom. The molecule has 39 atom stereocenters. The van der Waals surface area contributed by atoms with Crippen molar-refractivity contribution < 1.29 is 63.0 Å². The topological polar surface area (TPSA) is 221 Å². The van der Waals surface area contributed by atoms with E-state index in [-0.39, 0.29) is 39.4 Å². The fourth-order valence-electron chi connectivity index (χ4n) is 43.7. The molecular formula is C133H193BrN2O13. The van der Waals surface area contributed by atoms with E-state index >= 15 is 0 Å². The van der Waals surface area contributed by atoms with Gasteiger partial charge >= 0.3 is 0 Å². The molecule has 0 bridgehead atoms. The number of aromatic nitrogens is 2. The number of nitrogens with zero attached hydrogens (tertiary/aromatic N) is 2. The molecule has 21 aliphatic rings. The van der Waals surface area contributed by atoms with E-state index in [1.165, 1.54) is 191 Å². The van der Waals surface area contributed by atoms with Gasteiger partial charge in [0.2, 0.25) is 0 Å². The molecule has 1 aromatic heterocycles. The summed E-state index contributed by atoms with van der Waals surface area (Å²) in [5.74, 6) is 18.9.